The summed E-state index contributed by atoms with van der Waals surface area (Å²) in [6, 6.07) is 11.4. The van der Waals surface area contributed by atoms with E-state index in [2.05, 4.69) is 11.5 Å². The van der Waals surface area contributed by atoms with E-state index >= 15 is 0 Å². The van der Waals surface area contributed by atoms with E-state index in [1.807, 2.05) is 25.1 Å². The fourth-order valence-corrected chi connectivity index (χ4v) is 2.87. The summed E-state index contributed by atoms with van der Waals surface area (Å²) in [6.45, 7) is 2.04. The fraction of sp³-hybridized carbons (Fsp3) is 0.250. The number of halogens is 2. The summed E-state index contributed by atoms with van der Waals surface area (Å²) in [6.07, 6.45) is 0.669. The van der Waals surface area contributed by atoms with Crippen LogP contribution in [0.15, 0.2) is 36.4 Å². The van der Waals surface area contributed by atoms with Gasteiger partial charge in [-0.25, -0.2) is 0 Å². The highest BCUT2D eigenvalue weighted by Crippen LogP contribution is 2.30. The first-order valence-electron chi connectivity index (χ1n) is 6.59. The highest BCUT2D eigenvalue weighted by Gasteiger charge is 2.16. The van der Waals surface area contributed by atoms with Crippen LogP contribution >= 0.6 is 23.2 Å². The van der Waals surface area contributed by atoms with Gasteiger partial charge in [0.15, 0.2) is 0 Å². The van der Waals surface area contributed by atoms with Crippen LogP contribution in [-0.2, 0) is 6.42 Å². The zero-order valence-corrected chi connectivity index (χ0v) is 13.5. The smallest absolute Gasteiger partial charge is 0.122 e. The van der Waals surface area contributed by atoms with Crippen molar-refractivity contribution in [1.29, 1.82) is 0 Å². The average Bonchev–Trinajstić information content (AvgIpc) is 2.45. The van der Waals surface area contributed by atoms with Gasteiger partial charge in [-0.15, -0.1) is 0 Å². The second kappa shape index (κ2) is 7.14. The second-order valence-electron chi connectivity index (χ2n) is 4.90. The SMILES string of the molecule is COc1ccc(C)cc1CC(NN)c1ccc(Cl)cc1Cl. The van der Waals surface area contributed by atoms with Gasteiger partial charge in [0, 0.05) is 10.0 Å². The first-order chi connectivity index (χ1) is 10.0. The maximum absolute atomic E-state index is 6.26. The van der Waals surface area contributed by atoms with Crippen molar-refractivity contribution in [1.82, 2.24) is 5.43 Å². The number of nitrogens with two attached hydrogens (primary N) is 1. The molecule has 2 aromatic rings. The maximum atomic E-state index is 6.26. The minimum Gasteiger partial charge on any atom is -0.496 e. The van der Waals surface area contributed by atoms with Crippen molar-refractivity contribution in [2.24, 2.45) is 5.84 Å². The van der Waals surface area contributed by atoms with Gasteiger partial charge in [-0.1, -0.05) is 47.0 Å². The number of hydrogen-bond donors (Lipinski definition) is 2. The summed E-state index contributed by atoms with van der Waals surface area (Å²) in [5.74, 6) is 6.55. The highest BCUT2D eigenvalue weighted by molar-refractivity contribution is 6.35. The van der Waals surface area contributed by atoms with Gasteiger partial charge in [-0.2, -0.15) is 0 Å². The Morgan fingerprint density at radius 1 is 1.19 bits per heavy atom. The van der Waals surface area contributed by atoms with E-state index in [4.69, 9.17) is 33.8 Å². The largest absolute Gasteiger partial charge is 0.496 e. The van der Waals surface area contributed by atoms with Gasteiger partial charge < -0.3 is 4.74 Å². The Balaban J connectivity index is 2.33. The lowest BCUT2D eigenvalue weighted by molar-refractivity contribution is 0.405. The maximum Gasteiger partial charge on any atom is 0.122 e. The zero-order valence-electron chi connectivity index (χ0n) is 12.0. The van der Waals surface area contributed by atoms with Crippen molar-refractivity contribution in [2.45, 2.75) is 19.4 Å². The van der Waals surface area contributed by atoms with E-state index in [1.165, 1.54) is 5.56 Å². The van der Waals surface area contributed by atoms with Crippen LogP contribution in [-0.4, -0.2) is 7.11 Å². The molecular formula is C16H18Cl2N2O. The third kappa shape index (κ3) is 3.89. The van der Waals surface area contributed by atoms with Gasteiger partial charge >= 0.3 is 0 Å². The first kappa shape index (κ1) is 16.1. The average molecular weight is 325 g/mol. The number of hydrazine groups is 1. The first-order valence-corrected chi connectivity index (χ1v) is 7.35. The molecule has 0 saturated carbocycles. The molecule has 0 aliphatic carbocycles. The molecule has 0 bridgehead atoms. The number of aryl methyl sites for hydroxylation is 1. The van der Waals surface area contributed by atoms with Crippen LogP contribution < -0.4 is 16.0 Å². The Kier molecular flexibility index (Phi) is 5.48. The Morgan fingerprint density at radius 3 is 2.57 bits per heavy atom. The number of nitrogens with one attached hydrogen (secondary N) is 1. The minimum absolute atomic E-state index is 0.120. The highest BCUT2D eigenvalue weighted by atomic mass is 35.5. The van der Waals surface area contributed by atoms with Gasteiger partial charge in [0.05, 0.1) is 13.2 Å². The standard InChI is InChI=1S/C16H18Cl2N2O/c1-10-3-6-16(21-2)11(7-10)8-15(20-19)13-5-4-12(17)9-14(13)18/h3-7,9,15,20H,8,19H2,1-2H3. The Labute approximate surface area is 135 Å². The molecule has 21 heavy (non-hydrogen) atoms. The summed E-state index contributed by atoms with van der Waals surface area (Å²) < 4.78 is 5.41. The predicted molar refractivity (Wildman–Crippen MR) is 88.0 cm³/mol. The summed E-state index contributed by atoms with van der Waals surface area (Å²) >= 11 is 12.2. The number of hydrogen-bond acceptors (Lipinski definition) is 3. The molecule has 0 aliphatic heterocycles. The summed E-state index contributed by atoms with van der Waals surface area (Å²) in [5.41, 5.74) is 5.97. The van der Waals surface area contributed by atoms with Crippen LogP contribution in [0.25, 0.3) is 0 Å². The fourth-order valence-electron chi connectivity index (χ4n) is 2.33. The molecule has 3 nitrogen and oxygen atoms in total. The molecule has 0 aromatic heterocycles. The van der Waals surface area contributed by atoms with E-state index < -0.39 is 0 Å². The van der Waals surface area contributed by atoms with Gasteiger partial charge in [0.2, 0.25) is 0 Å². The lowest BCUT2D eigenvalue weighted by Gasteiger charge is -2.19. The quantitative estimate of drug-likeness (QED) is 0.644. The Bertz CT molecular complexity index is 632. The topological polar surface area (TPSA) is 47.3 Å². The molecule has 0 saturated heterocycles. The summed E-state index contributed by atoms with van der Waals surface area (Å²) in [5, 5.41) is 1.20. The molecule has 3 N–H and O–H groups in total. The zero-order chi connectivity index (χ0) is 15.4. The Hall–Kier alpha value is -1.26. The van der Waals surface area contributed by atoms with Crippen LogP contribution in [0.3, 0.4) is 0 Å². The normalized spacial score (nSPS) is 12.2. The predicted octanol–water partition coefficient (Wildman–Crippen LogP) is 4.06. The van der Waals surface area contributed by atoms with E-state index in [0.29, 0.717) is 16.5 Å². The van der Waals surface area contributed by atoms with E-state index in [9.17, 15) is 0 Å². The number of rotatable bonds is 5. The molecule has 112 valence electrons. The van der Waals surface area contributed by atoms with E-state index in [-0.39, 0.29) is 6.04 Å². The van der Waals surface area contributed by atoms with Crippen molar-refractivity contribution >= 4 is 23.2 Å². The van der Waals surface area contributed by atoms with Crippen LogP contribution in [0.4, 0.5) is 0 Å². The molecule has 0 spiro atoms. The number of methoxy groups -OCH3 is 1. The van der Waals surface area contributed by atoms with Crippen molar-refractivity contribution < 1.29 is 4.74 Å². The van der Waals surface area contributed by atoms with Gasteiger partial charge in [0.25, 0.3) is 0 Å². The summed E-state index contributed by atoms with van der Waals surface area (Å²) in [4.78, 5) is 0. The third-order valence-corrected chi connectivity index (χ3v) is 3.96. The molecular weight excluding hydrogens is 307 g/mol. The molecule has 0 heterocycles. The van der Waals surface area contributed by atoms with Crippen molar-refractivity contribution in [2.75, 3.05) is 7.11 Å². The van der Waals surface area contributed by atoms with Crippen LogP contribution in [0.2, 0.25) is 10.0 Å². The molecule has 5 heteroatoms. The van der Waals surface area contributed by atoms with Crippen LogP contribution in [0.1, 0.15) is 22.7 Å². The lowest BCUT2D eigenvalue weighted by Crippen LogP contribution is -2.30. The molecule has 2 aromatic carbocycles. The van der Waals surface area contributed by atoms with Gasteiger partial charge in [0.1, 0.15) is 5.75 Å². The monoisotopic (exact) mass is 324 g/mol. The van der Waals surface area contributed by atoms with Crippen LogP contribution in [0, 0.1) is 6.92 Å². The third-order valence-electron chi connectivity index (χ3n) is 3.40. The molecule has 0 fully saturated rings. The van der Waals surface area contributed by atoms with Crippen LogP contribution in [0.5, 0.6) is 5.75 Å². The Morgan fingerprint density at radius 2 is 1.95 bits per heavy atom. The molecule has 0 aliphatic rings. The van der Waals surface area contributed by atoms with E-state index in [1.54, 1.807) is 19.2 Å². The molecule has 1 unspecified atom stereocenters. The van der Waals surface area contributed by atoms with Crippen molar-refractivity contribution in [3.05, 3.63) is 63.1 Å². The molecule has 1 atom stereocenters. The van der Waals surface area contributed by atoms with Gasteiger partial charge in [-0.3, -0.25) is 11.3 Å². The van der Waals surface area contributed by atoms with E-state index in [0.717, 1.165) is 16.9 Å². The van der Waals surface area contributed by atoms with Crippen molar-refractivity contribution in [3.63, 3.8) is 0 Å². The summed E-state index contributed by atoms with van der Waals surface area (Å²) in [7, 11) is 1.66. The molecule has 2 rings (SSSR count). The van der Waals surface area contributed by atoms with Gasteiger partial charge in [-0.05, 0) is 42.7 Å². The second-order valence-corrected chi connectivity index (χ2v) is 5.75. The van der Waals surface area contributed by atoms with Crippen molar-refractivity contribution in [3.8, 4) is 5.75 Å². The number of ether oxygens (including phenoxy) is 1. The lowest BCUT2D eigenvalue weighted by atomic mass is 9.97. The molecule has 0 radical (unpaired) electrons. The molecule has 0 amide bonds. The number of benzene rings is 2. The minimum atomic E-state index is -0.120.